The summed E-state index contributed by atoms with van der Waals surface area (Å²) in [6.45, 7) is 0. The van der Waals surface area contributed by atoms with Crippen molar-refractivity contribution in [2.45, 2.75) is 6.04 Å². The van der Waals surface area contributed by atoms with E-state index in [1.807, 2.05) is 0 Å². The van der Waals surface area contributed by atoms with E-state index in [0.29, 0.717) is 21.3 Å². The summed E-state index contributed by atoms with van der Waals surface area (Å²) < 4.78 is 0.688. The second-order valence-electron chi connectivity index (χ2n) is 6.87. The Morgan fingerprint density at radius 2 is 1.68 bits per heavy atom. The fourth-order valence-corrected chi connectivity index (χ4v) is 3.99. The fourth-order valence-electron chi connectivity index (χ4n) is 3.60. The molecule has 1 heterocycles. The molecule has 1 saturated heterocycles. The number of rotatable bonds is 4. The van der Waals surface area contributed by atoms with Gasteiger partial charge in [0.15, 0.2) is 0 Å². The van der Waals surface area contributed by atoms with Crippen molar-refractivity contribution < 1.29 is 19.6 Å². The molecule has 0 aromatic heterocycles. The van der Waals surface area contributed by atoms with Gasteiger partial charge in [-0.15, -0.1) is 0 Å². The lowest BCUT2D eigenvalue weighted by molar-refractivity contribution is -0.384. The number of hydrogen-bond acceptors (Lipinski definition) is 5. The van der Waals surface area contributed by atoms with Crippen LogP contribution in [-0.4, -0.2) is 21.7 Å². The molecule has 1 N–H and O–H groups in total. The molecule has 0 radical (unpaired) electrons. The molecule has 0 saturated carbocycles. The number of non-ortho nitro benzene ring substituents is 1. The molecule has 0 spiro atoms. The minimum absolute atomic E-state index is 0.128. The fraction of sp³-hybridized carbons (Fsp3) is 0.0435. The Kier molecular flexibility index (Phi) is 5.39. The molecule has 7 nitrogen and oxygen atoms in total. The number of aliphatic hydroxyl groups is 1. The summed E-state index contributed by atoms with van der Waals surface area (Å²) in [6, 6.07) is 19.9. The largest absolute Gasteiger partial charge is 0.507 e. The molecular formula is C23H15BrN2O5. The van der Waals surface area contributed by atoms with Gasteiger partial charge >= 0.3 is 0 Å². The molecule has 0 unspecified atom stereocenters. The van der Waals surface area contributed by atoms with Crippen molar-refractivity contribution >= 4 is 44.8 Å². The van der Waals surface area contributed by atoms with E-state index >= 15 is 0 Å². The molecule has 0 aliphatic carbocycles. The van der Waals surface area contributed by atoms with Crippen LogP contribution >= 0.6 is 15.9 Å². The lowest BCUT2D eigenvalue weighted by atomic mass is 9.95. The summed E-state index contributed by atoms with van der Waals surface area (Å²) in [4.78, 5) is 38.1. The number of nitrogens with zero attached hydrogens (tertiary/aromatic N) is 2. The number of carbonyl (C=O) groups is 2. The Morgan fingerprint density at radius 3 is 2.35 bits per heavy atom. The number of amides is 1. The number of benzene rings is 3. The van der Waals surface area contributed by atoms with Gasteiger partial charge in [-0.25, -0.2) is 0 Å². The molecule has 8 heteroatoms. The second-order valence-corrected chi connectivity index (χ2v) is 7.78. The number of nitro benzene ring substituents is 1. The minimum atomic E-state index is -1.03. The van der Waals surface area contributed by atoms with Crippen LogP contribution in [0, 0.1) is 10.1 Å². The van der Waals surface area contributed by atoms with E-state index in [4.69, 9.17) is 0 Å². The Balaban J connectivity index is 1.98. The van der Waals surface area contributed by atoms with E-state index in [9.17, 15) is 24.8 Å². The zero-order valence-corrected chi connectivity index (χ0v) is 17.5. The van der Waals surface area contributed by atoms with Crippen molar-refractivity contribution in [2.75, 3.05) is 4.90 Å². The topological polar surface area (TPSA) is 101 Å². The van der Waals surface area contributed by atoms with E-state index in [1.165, 1.54) is 23.1 Å². The Labute approximate surface area is 185 Å². The van der Waals surface area contributed by atoms with Gasteiger partial charge in [-0.2, -0.15) is 0 Å². The van der Waals surface area contributed by atoms with Gasteiger partial charge in [-0.1, -0.05) is 64.5 Å². The zero-order valence-electron chi connectivity index (χ0n) is 15.9. The minimum Gasteiger partial charge on any atom is -0.507 e. The molecular weight excluding hydrogens is 464 g/mol. The Bertz CT molecular complexity index is 1240. The predicted octanol–water partition coefficient (Wildman–Crippen LogP) is 4.98. The molecule has 1 fully saturated rings. The van der Waals surface area contributed by atoms with Crippen LogP contribution in [0.1, 0.15) is 17.2 Å². The van der Waals surface area contributed by atoms with Gasteiger partial charge in [0.05, 0.1) is 16.5 Å². The number of aliphatic hydroxyl groups excluding tert-OH is 1. The third-order valence-electron chi connectivity index (χ3n) is 4.97. The van der Waals surface area contributed by atoms with E-state index in [2.05, 4.69) is 15.9 Å². The number of anilines is 1. The SMILES string of the molecule is O=C1C(=O)N(c2cccc(Br)c2)[C@H](c2cccc([N+](=O)[O-])c2)C1=C(O)c1ccccc1. The molecule has 1 aliphatic rings. The lowest BCUT2D eigenvalue weighted by Gasteiger charge is -2.25. The summed E-state index contributed by atoms with van der Waals surface area (Å²) in [5.41, 5.74) is 0.810. The zero-order chi connectivity index (χ0) is 22.1. The number of nitro groups is 1. The van der Waals surface area contributed by atoms with Crippen molar-refractivity contribution in [2.24, 2.45) is 0 Å². The lowest BCUT2D eigenvalue weighted by Crippen LogP contribution is -2.29. The normalized spacial score (nSPS) is 17.7. The maximum absolute atomic E-state index is 13.0. The van der Waals surface area contributed by atoms with Crippen LogP contribution in [0.2, 0.25) is 0 Å². The van der Waals surface area contributed by atoms with Gasteiger partial charge in [0, 0.05) is 27.9 Å². The molecule has 1 atom stereocenters. The quantitative estimate of drug-likeness (QED) is 0.187. The maximum atomic E-state index is 13.0. The maximum Gasteiger partial charge on any atom is 0.300 e. The molecule has 3 aromatic rings. The van der Waals surface area contributed by atoms with Crippen LogP contribution < -0.4 is 4.90 Å². The number of hydrogen-bond donors (Lipinski definition) is 1. The van der Waals surface area contributed by atoms with E-state index < -0.39 is 22.7 Å². The third-order valence-corrected chi connectivity index (χ3v) is 5.47. The predicted molar refractivity (Wildman–Crippen MR) is 118 cm³/mol. The summed E-state index contributed by atoms with van der Waals surface area (Å²) >= 11 is 3.36. The van der Waals surface area contributed by atoms with Crippen LogP contribution in [0.3, 0.4) is 0 Å². The molecule has 1 amide bonds. The number of carbonyl (C=O) groups excluding carboxylic acids is 2. The monoisotopic (exact) mass is 478 g/mol. The Morgan fingerprint density at radius 1 is 0.968 bits per heavy atom. The smallest absolute Gasteiger partial charge is 0.300 e. The van der Waals surface area contributed by atoms with Gasteiger partial charge in [-0.05, 0) is 23.8 Å². The highest BCUT2D eigenvalue weighted by Gasteiger charge is 2.47. The first-order chi connectivity index (χ1) is 14.9. The molecule has 31 heavy (non-hydrogen) atoms. The van der Waals surface area contributed by atoms with Crippen LogP contribution in [0.25, 0.3) is 5.76 Å². The van der Waals surface area contributed by atoms with Crippen LogP contribution in [-0.2, 0) is 9.59 Å². The van der Waals surface area contributed by atoms with E-state index in [-0.39, 0.29) is 17.0 Å². The van der Waals surface area contributed by atoms with E-state index in [1.54, 1.807) is 60.7 Å². The molecule has 3 aromatic carbocycles. The second kappa shape index (κ2) is 8.16. The highest BCUT2D eigenvalue weighted by molar-refractivity contribution is 9.10. The van der Waals surface area contributed by atoms with Crippen molar-refractivity contribution in [1.29, 1.82) is 0 Å². The van der Waals surface area contributed by atoms with Crippen LogP contribution in [0.4, 0.5) is 11.4 Å². The summed E-state index contributed by atoms with van der Waals surface area (Å²) in [6.07, 6.45) is 0. The summed E-state index contributed by atoms with van der Waals surface area (Å²) in [5, 5.41) is 22.3. The Hall–Kier alpha value is -3.78. The van der Waals surface area contributed by atoms with Crippen molar-refractivity contribution in [1.82, 2.24) is 0 Å². The number of ketones is 1. The molecule has 4 rings (SSSR count). The first kappa shape index (κ1) is 20.5. The van der Waals surface area contributed by atoms with E-state index in [0.717, 1.165) is 0 Å². The van der Waals surface area contributed by atoms with Gasteiger partial charge in [0.1, 0.15) is 5.76 Å². The first-order valence-corrected chi connectivity index (χ1v) is 10.0. The van der Waals surface area contributed by atoms with Gasteiger partial charge in [-0.3, -0.25) is 24.6 Å². The number of halogens is 1. The van der Waals surface area contributed by atoms with Gasteiger partial charge < -0.3 is 5.11 Å². The first-order valence-electron chi connectivity index (χ1n) is 9.25. The van der Waals surface area contributed by atoms with Crippen molar-refractivity contribution in [3.05, 3.63) is 110 Å². The highest BCUT2D eigenvalue weighted by Crippen LogP contribution is 2.43. The molecule has 154 valence electrons. The van der Waals surface area contributed by atoms with Gasteiger partial charge in [0.2, 0.25) is 0 Å². The third kappa shape index (κ3) is 3.73. The number of Topliss-reactive ketones (excluding diaryl/α,β-unsaturated/α-hetero) is 1. The van der Waals surface area contributed by atoms with Crippen LogP contribution in [0.15, 0.2) is 88.9 Å². The van der Waals surface area contributed by atoms with Gasteiger partial charge in [0.25, 0.3) is 17.4 Å². The molecule has 0 bridgehead atoms. The molecule has 1 aliphatic heterocycles. The van der Waals surface area contributed by atoms with Crippen molar-refractivity contribution in [3.8, 4) is 0 Å². The average Bonchev–Trinajstić information content (AvgIpc) is 3.04. The van der Waals surface area contributed by atoms with Crippen molar-refractivity contribution in [3.63, 3.8) is 0 Å². The summed E-state index contributed by atoms with van der Waals surface area (Å²) in [7, 11) is 0. The average molecular weight is 479 g/mol. The summed E-state index contributed by atoms with van der Waals surface area (Å²) in [5.74, 6) is -2.03. The standard InChI is InChI=1S/C23H15BrN2O5/c24-16-9-5-10-17(13-16)25-20(15-8-4-11-18(12-15)26(30)31)19(22(28)23(25)29)21(27)14-6-2-1-3-7-14/h1-13,20,27H/t20-/m1/s1. The highest BCUT2D eigenvalue weighted by atomic mass is 79.9. The van der Waals surface area contributed by atoms with Crippen LogP contribution in [0.5, 0.6) is 0 Å².